The first kappa shape index (κ1) is 15.8. The third-order valence-electron chi connectivity index (χ3n) is 0. The Morgan fingerprint density at radius 2 is 1.17 bits per heavy atom. The SMILES string of the molecule is Br.Br.CC(C)N. The van der Waals surface area contributed by atoms with Gasteiger partial charge in [0.15, 0.2) is 0 Å². The molecule has 0 aromatic heterocycles. The van der Waals surface area contributed by atoms with Crippen LogP contribution < -0.4 is 5.73 Å². The zero-order valence-electron chi connectivity index (χ0n) is 3.97. The molecule has 0 unspecified atom stereocenters. The molecule has 3 heteroatoms. The number of halogens is 2. The second-order valence-corrected chi connectivity index (χ2v) is 1.24. The van der Waals surface area contributed by atoms with Crippen LogP contribution >= 0.6 is 34.0 Å². The van der Waals surface area contributed by atoms with Gasteiger partial charge in [0.05, 0.1) is 0 Å². The molecule has 2 N–H and O–H groups in total. The van der Waals surface area contributed by atoms with Gasteiger partial charge in [0.1, 0.15) is 0 Å². The van der Waals surface area contributed by atoms with Gasteiger partial charge >= 0.3 is 0 Å². The van der Waals surface area contributed by atoms with E-state index in [2.05, 4.69) is 0 Å². The lowest BCUT2D eigenvalue weighted by Crippen LogP contribution is -2.06. The van der Waals surface area contributed by atoms with E-state index in [0.29, 0.717) is 6.04 Å². The minimum Gasteiger partial charge on any atom is -0.328 e. The number of hydrogen-bond donors (Lipinski definition) is 1. The topological polar surface area (TPSA) is 26.0 Å². The summed E-state index contributed by atoms with van der Waals surface area (Å²) in [7, 11) is 0. The lowest BCUT2D eigenvalue weighted by Gasteiger charge is -1.81. The Labute approximate surface area is 59.8 Å². The highest BCUT2D eigenvalue weighted by atomic mass is 79.9. The minimum atomic E-state index is 0. The fourth-order valence-electron chi connectivity index (χ4n) is 0. The Morgan fingerprint density at radius 1 is 1.17 bits per heavy atom. The Kier molecular flexibility index (Phi) is 24.5. The van der Waals surface area contributed by atoms with Crippen molar-refractivity contribution in [2.24, 2.45) is 5.73 Å². The van der Waals surface area contributed by atoms with Crippen molar-refractivity contribution in [1.82, 2.24) is 0 Å². The second kappa shape index (κ2) is 9.33. The molecule has 0 saturated heterocycles. The fourth-order valence-corrected chi connectivity index (χ4v) is 0. The summed E-state index contributed by atoms with van der Waals surface area (Å²) >= 11 is 0. The molecule has 0 aliphatic rings. The fraction of sp³-hybridized carbons (Fsp3) is 1.00. The van der Waals surface area contributed by atoms with Crippen molar-refractivity contribution in [2.75, 3.05) is 0 Å². The molecule has 6 heavy (non-hydrogen) atoms. The van der Waals surface area contributed by atoms with Gasteiger partial charge in [-0.2, -0.15) is 0 Å². The molecule has 0 saturated carbocycles. The van der Waals surface area contributed by atoms with Crippen molar-refractivity contribution in [3.63, 3.8) is 0 Å². The summed E-state index contributed by atoms with van der Waals surface area (Å²) in [5, 5.41) is 0. The van der Waals surface area contributed by atoms with Crippen LogP contribution in [-0.2, 0) is 0 Å². The Morgan fingerprint density at radius 3 is 1.17 bits per heavy atom. The van der Waals surface area contributed by atoms with Crippen molar-refractivity contribution in [3.8, 4) is 0 Å². The summed E-state index contributed by atoms with van der Waals surface area (Å²) in [4.78, 5) is 0. The molecule has 0 aromatic carbocycles. The summed E-state index contributed by atoms with van der Waals surface area (Å²) in [6, 6.07) is 0.333. The minimum absolute atomic E-state index is 0. The Balaban J connectivity index is -0.0000000450. The smallest absolute Gasteiger partial charge is 0.00179 e. The molecule has 0 aromatic rings. The molecule has 0 radical (unpaired) electrons. The van der Waals surface area contributed by atoms with Crippen LogP contribution in [0.15, 0.2) is 0 Å². The molecule has 0 aliphatic carbocycles. The van der Waals surface area contributed by atoms with E-state index in [-0.39, 0.29) is 34.0 Å². The van der Waals surface area contributed by atoms with Gasteiger partial charge in [-0.05, 0) is 6.04 Å². The van der Waals surface area contributed by atoms with Crippen molar-refractivity contribution in [3.05, 3.63) is 0 Å². The Bertz CT molecular complexity index is 13.5. The van der Waals surface area contributed by atoms with Gasteiger partial charge in [0.2, 0.25) is 0 Å². The van der Waals surface area contributed by atoms with Crippen LogP contribution in [-0.4, -0.2) is 6.04 Å². The van der Waals surface area contributed by atoms with Crippen molar-refractivity contribution in [1.29, 1.82) is 0 Å². The molecule has 0 heterocycles. The highest BCUT2D eigenvalue weighted by Crippen LogP contribution is 1.58. The number of hydrogen-bond acceptors (Lipinski definition) is 1. The quantitative estimate of drug-likeness (QED) is 0.659. The van der Waals surface area contributed by atoms with Crippen molar-refractivity contribution in [2.45, 2.75) is 19.9 Å². The third-order valence-corrected chi connectivity index (χ3v) is 0. The van der Waals surface area contributed by atoms with Crippen LogP contribution in [0.2, 0.25) is 0 Å². The average Bonchev–Trinajstić information content (AvgIpc) is 0.811. The molecule has 0 bridgehead atoms. The molecule has 0 rings (SSSR count). The maximum atomic E-state index is 5.11. The van der Waals surface area contributed by atoms with Crippen LogP contribution in [0.5, 0.6) is 0 Å². The largest absolute Gasteiger partial charge is 0.328 e. The maximum absolute atomic E-state index is 5.11. The molecule has 0 atom stereocenters. The molecule has 0 aliphatic heterocycles. The van der Waals surface area contributed by atoms with Gasteiger partial charge in [-0.1, -0.05) is 13.8 Å². The van der Waals surface area contributed by atoms with E-state index >= 15 is 0 Å². The van der Waals surface area contributed by atoms with E-state index < -0.39 is 0 Å². The van der Waals surface area contributed by atoms with E-state index in [1.54, 1.807) is 0 Å². The van der Waals surface area contributed by atoms with Crippen LogP contribution in [0, 0.1) is 0 Å². The first-order valence-electron chi connectivity index (χ1n) is 1.49. The first-order valence-corrected chi connectivity index (χ1v) is 1.49. The summed E-state index contributed by atoms with van der Waals surface area (Å²) in [6.45, 7) is 3.89. The van der Waals surface area contributed by atoms with E-state index in [9.17, 15) is 0 Å². The van der Waals surface area contributed by atoms with Gasteiger partial charge in [-0.15, -0.1) is 34.0 Å². The predicted molar refractivity (Wildman–Crippen MR) is 40.0 cm³/mol. The zero-order chi connectivity index (χ0) is 3.58. The molecule has 1 nitrogen and oxygen atoms in total. The summed E-state index contributed by atoms with van der Waals surface area (Å²) in [5.41, 5.74) is 5.11. The van der Waals surface area contributed by atoms with E-state index in [4.69, 9.17) is 5.73 Å². The first-order chi connectivity index (χ1) is 1.73. The lowest BCUT2D eigenvalue weighted by atomic mass is 10.5. The third kappa shape index (κ3) is 89.3. The van der Waals surface area contributed by atoms with E-state index in [1.807, 2.05) is 13.8 Å². The van der Waals surface area contributed by atoms with Gasteiger partial charge in [0, 0.05) is 0 Å². The van der Waals surface area contributed by atoms with Crippen LogP contribution in [0.4, 0.5) is 0 Å². The predicted octanol–water partition coefficient (Wildman–Crippen LogP) is 1.51. The maximum Gasteiger partial charge on any atom is -0.00179 e. The normalized spacial score (nSPS) is 6.00. The highest BCUT2D eigenvalue weighted by Gasteiger charge is 1.67. The summed E-state index contributed by atoms with van der Waals surface area (Å²) < 4.78 is 0. The lowest BCUT2D eigenvalue weighted by molar-refractivity contribution is 0.834. The Hall–Kier alpha value is 0.920. The highest BCUT2D eigenvalue weighted by molar-refractivity contribution is 8.93. The molecule has 42 valence electrons. The van der Waals surface area contributed by atoms with E-state index in [1.165, 1.54) is 0 Å². The van der Waals surface area contributed by atoms with Crippen molar-refractivity contribution >= 4 is 34.0 Å². The van der Waals surface area contributed by atoms with E-state index in [0.717, 1.165) is 0 Å². The van der Waals surface area contributed by atoms with Gasteiger partial charge in [-0.25, -0.2) is 0 Å². The summed E-state index contributed by atoms with van der Waals surface area (Å²) in [5.74, 6) is 0. The monoisotopic (exact) mass is 219 g/mol. The molecule has 0 amide bonds. The van der Waals surface area contributed by atoms with Gasteiger partial charge in [-0.3, -0.25) is 0 Å². The average molecular weight is 221 g/mol. The summed E-state index contributed by atoms with van der Waals surface area (Å²) in [6.07, 6.45) is 0. The van der Waals surface area contributed by atoms with Gasteiger partial charge < -0.3 is 5.73 Å². The molecular formula is C3H11Br2N. The van der Waals surface area contributed by atoms with Crippen LogP contribution in [0.1, 0.15) is 13.8 Å². The second-order valence-electron chi connectivity index (χ2n) is 1.24. The van der Waals surface area contributed by atoms with Gasteiger partial charge in [0.25, 0.3) is 0 Å². The zero-order valence-corrected chi connectivity index (χ0v) is 7.40. The molecular weight excluding hydrogens is 210 g/mol. The molecule has 0 spiro atoms. The van der Waals surface area contributed by atoms with Crippen molar-refractivity contribution < 1.29 is 0 Å². The number of nitrogens with two attached hydrogens (primary N) is 1. The molecule has 0 fully saturated rings. The number of rotatable bonds is 0. The van der Waals surface area contributed by atoms with Crippen LogP contribution in [0.25, 0.3) is 0 Å². The standard InChI is InChI=1S/C3H9N.2BrH/c1-3(2)4;;/h3H,4H2,1-2H3;2*1H. The van der Waals surface area contributed by atoms with Crippen LogP contribution in [0.3, 0.4) is 0 Å².